The normalized spacial score (nSPS) is 12.6. The van der Waals surface area contributed by atoms with Crippen molar-refractivity contribution in [2.24, 2.45) is 0 Å². The van der Waals surface area contributed by atoms with Gasteiger partial charge >= 0.3 is 0 Å². The van der Waals surface area contributed by atoms with Crippen LogP contribution in [0.4, 0.5) is 17.2 Å². The molecule has 0 aliphatic heterocycles. The van der Waals surface area contributed by atoms with Crippen molar-refractivity contribution in [1.29, 1.82) is 5.41 Å². The van der Waals surface area contributed by atoms with Crippen molar-refractivity contribution in [3.63, 3.8) is 0 Å². The van der Waals surface area contributed by atoms with Crippen LogP contribution in [0.3, 0.4) is 0 Å². The van der Waals surface area contributed by atoms with E-state index in [1.165, 1.54) is 18.2 Å². The summed E-state index contributed by atoms with van der Waals surface area (Å²) in [4.78, 5) is 11.1. The predicted molar refractivity (Wildman–Crippen MR) is 125 cm³/mol. The molecule has 1 heterocycles. The first kappa shape index (κ1) is 20.4. The molecule has 1 aliphatic carbocycles. The van der Waals surface area contributed by atoms with Gasteiger partial charge in [-0.25, -0.2) is 9.97 Å². The Balaban J connectivity index is 1.57. The molecule has 7 nitrogen and oxygen atoms in total. The second kappa shape index (κ2) is 8.87. The number of hydrogen-bond donors (Lipinski definition) is 3. The molecule has 1 fully saturated rings. The number of nitrogens with zero attached hydrogens (tertiary/aromatic N) is 3. The molecule has 4 N–H and O–H groups in total. The number of nitrogens with one attached hydrogen (secondary N) is 2. The Morgan fingerprint density at radius 3 is 2.71 bits per heavy atom. The predicted octanol–water partition coefficient (Wildman–Crippen LogP) is 4.80. The van der Waals surface area contributed by atoms with E-state index < -0.39 is 0 Å². The van der Waals surface area contributed by atoms with Gasteiger partial charge in [-0.05, 0) is 61.2 Å². The van der Waals surface area contributed by atoms with Gasteiger partial charge in [0, 0.05) is 49.0 Å². The molecule has 0 amide bonds. The molecule has 3 aromatic rings. The van der Waals surface area contributed by atoms with Gasteiger partial charge in [-0.15, -0.1) is 0 Å². The number of nitrogens with two attached hydrogens (primary N) is 1. The standard InChI is InChI=1S/C24H26N6O/c1-30(2)24(16-5-3-6-16)31-20-8-4-7-17(14-20)23-27-12-11-22(29-23)28-19-9-10-21(26)18(13-19)15-25/h4,7-15,25H,3,5-6,26H2,1-2H3,(H,27,28,29). The van der Waals surface area contributed by atoms with Crippen molar-refractivity contribution < 1.29 is 4.74 Å². The van der Waals surface area contributed by atoms with Gasteiger partial charge < -0.3 is 26.1 Å². The minimum Gasteiger partial charge on any atom is -0.441 e. The minimum atomic E-state index is 0.565. The number of allylic oxidation sites excluding steroid dienone is 1. The van der Waals surface area contributed by atoms with Crippen LogP contribution in [0.1, 0.15) is 24.8 Å². The lowest BCUT2D eigenvalue weighted by Crippen LogP contribution is -2.21. The minimum absolute atomic E-state index is 0.565. The summed E-state index contributed by atoms with van der Waals surface area (Å²) in [6.45, 7) is 0. The second-order valence-electron chi connectivity index (χ2n) is 7.67. The summed E-state index contributed by atoms with van der Waals surface area (Å²) < 4.78 is 6.21. The molecule has 158 valence electrons. The third-order valence-corrected chi connectivity index (χ3v) is 5.14. The van der Waals surface area contributed by atoms with Crippen molar-refractivity contribution in [1.82, 2.24) is 14.9 Å². The van der Waals surface area contributed by atoms with Crippen LogP contribution in [-0.4, -0.2) is 35.2 Å². The Kier molecular flexibility index (Phi) is 5.84. The van der Waals surface area contributed by atoms with Crippen LogP contribution < -0.4 is 15.8 Å². The second-order valence-corrected chi connectivity index (χ2v) is 7.67. The molecule has 0 unspecified atom stereocenters. The highest BCUT2D eigenvalue weighted by Gasteiger charge is 2.18. The van der Waals surface area contributed by atoms with E-state index in [9.17, 15) is 0 Å². The quantitative estimate of drug-likeness (QED) is 0.292. The first-order chi connectivity index (χ1) is 15.0. The topological polar surface area (TPSA) is 100 Å². The van der Waals surface area contributed by atoms with Crippen molar-refractivity contribution in [2.45, 2.75) is 19.3 Å². The van der Waals surface area contributed by atoms with Crippen molar-refractivity contribution in [3.8, 4) is 17.1 Å². The molecular formula is C24H26N6O. The Hall–Kier alpha value is -3.87. The third-order valence-electron chi connectivity index (χ3n) is 5.14. The number of anilines is 3. The Morgan fingerprint density at radius 2 is 2.00 bits per heavy atom. The van der Waals surface area contributed by atoms with Crippen LogP contribution in [0.15, 0.2) is 66.2 Å². The molecule has 1 aliphatic rings. The van der Waals surface area contributed by atoms with Crippen LogP contribution in [-0.2, 0) is 0 Å². The number of benzene rings is 2. The molecule has 31 heavy (non-hydrogen) atoms. The summed E-state index contributed by atoms with van der Waals surface area (Å²) in [5.74, 6) is 2.94. The van der Waals surface area contributed by atoms with E-state index in [-0.39, 0.29) is 0 Å². The van der Waals surface area contributed by atoms with Crippen molar-refractivity contribution >= 4 is 23.4 Å². The van der Waals surface area contributed by atoms with E-state index in [2.05, 4.69) is 15.3 Å². The van der Waals surface area contributed by atoms with Gasteiger partial charge in [0.25, 0.3) is 0 Å². The highest BCUT2D eigenvalue weighted by Crippen LogP contribution is 2.32. The van der Waals surface area contributed by atoms with E-state index in [1.807, 2.05) is 55.4 Å². The Morgan fingerprint density at radius 1 is 1.16 bits per heavy atom. The van der Waals surface area contributed by atoms with Crippen molar-refractivity contribution in [3.05, 3.63) is 71.7 Å². The maximum Gasteiger partial charge on any atom is 0.194 e. The van der Waals surface area contributed by atoms with Crippen LogP contribution in [0, 0.1) is 5.41 Å². The SMILES string of the molecule is CN(C)C(Oc1cccc(-c2nccc(Nc3ccc(N)c(C=N)c3)n2)c1)=C1CCC1. The number of rotatable bonds is 7. The lowest BCUT2D eigenvalue weighted by atomic mass is 9.92. The van der Waals surface area contributed by atoms with Gasteiger partial charge in [-0.1, -0.05) is 12.1 Å². The van der Waals surface area contributed by atoms with Crippen LogP contribution in [0.5, 0.6) is 5.75 Å². The molecule has 0 radical (unpaired) electrons. The maximum absolute atomic E-state index is 7.47. The fraction of sp³-hybridized carbons (Fsp3) is 0.208. The monoisotopic (exact) mass is 414 g/mol. The van der Waals surface area contributed by atoms with Gasteiger partial charge in [0.15, 0.2) is 11.7 Å². The van der Waals surface area contributed by atoms with Crippen LogP contribution >= 0.6 is 0 Å². The van der Waals surface area contributed by atoms with E-state index >= 15 is 0 Å². The van der Waals surface area contributed by atoms with Gasteiger partial charge in [0.2, 0.25) is 0 Å². The molecular weight excluding hydrogens is 388 g/mol. The summed E-state index contributed by atoms with van der Waals surface area (Å²) in [6.07, 6.45) is 6.36. The van der Waals surface area contributed by atoms with E-state index in [4.69, 9.17) is 15.9 Å². The van der Waals surface area contributed by atoms with Gasteiger partial charge in [0.05, 0.1) is 0 Å². The molecule has 2 aromatic carbocycles. The Bertz CT molecular complexity index is 1130. The number of nitrogen functional groups attached to an aromatic ring is 1. The van der Waals surface area contributed by atoms with Gasteiger partial charge in [-0.3, -0.25) is 0 Å². The fourth-order valence-corrected chi connectivity index (χ4v) is 3.35. The molecule has 7 heteroatoms. The van der Waals surface area contributed by atoms with Gasteiger partial charge in [0.1, 0.15) is 11.6 Å². The molecule has 0 saturated heterocycles. The first-order valence-corrected chi connectivity index (χ1v) is 10.2. The zero-order chi connectivity index (χ0) is 21.8. The third kappa shape index (κ3) is 4.66. The summed E-state index contributed by atoms with van der Waals surface area (Å²) >= 11 is 0. The first-order valence-electron chi connectivity index (χ1n) is 10.2. The smallest absolute Gasteiger partial charge is 0.194 e. The summed E-state index contributed by atoms with van der Waals surface area (Å²) in [5.41, 5.74) is 10.1. The zero-order valence-corrected chi connectivity index (χ0v) is 17.7. The highest BCUT2D eigenvalue weighted by molar-refractivity contribution is 5.87. The number of hydrogen-bond acceptors (Lipinski definition) is 7. The maximum atomic E-state index is 7.47. The summed E-state index contributed by atoms with van der Waals surface area (Å²) in [5, 5.41) is 10.7. The average molecular weight is 415 g/mol. The Labute approximate surface area is 182 Å². The van der Waals surface area contributed by atoms with Gasteiger partial charge in [-0.2, -0.15) is 0 Å². The van der Waals surface area contributed by atoms with E-state index in [0.717, 1.165) is 35.7 Å². The lowest BCUT2D eigenvalue weighted by molar-refractivity contribution is 0.264. The fourth-order valence-electron chi connectivity index (χ4n) is 3.35. The van der Waals surface area contributed by atoms with Crippen LogP contribution in [0.2, 0.25) is 0 Å². The summed E-state index contributed by atoms with van der Waals surface area (Å²) in [7, 11) is 4.01. The summed E-state index contributed by atoms with van der Waals surface area (Å²) in [6, 6.07) is 15.1. The van der Waals surface area contributed by atoms with Crippen LogP contribution in [0.25, 0.3) is 11.4 Å². The average Bonchev–Trinajstić information content (AvgIpc) is 2.74. The largest absolute Gasteiger partial charge is 0.441 e. The zero-order valence-electron chi connectivity index (χ0n) is 17.7. The molecule has 0 atom stereocenters. The number of ether oxygens (including phenoxy) is 1. The molecule has 4 rings (SSSR count). The number of aromatic nitrogens is 2. The molecule has 0 bridgehead atoms. The molecule has 0 spiro atoms. The molecule has 1 saturated carbocycles. The van der Waals surface area contributed by atoms with E-state index in [1.54, 1.807) is 18.3 Å². The highest BCUT2D eigenvalue weighted by atomic mass is 16.5. The lowest BCUT2D eigenvalue weighted by Gasteiger charge is -2.26. The molecule has 1 aromatic heterocycles. The van der Waals surface area contributed by atoms with E-state index in [0.29, 0.717) is 22.9 Å². The van der Waals surface area contributed by atoms with Crippen molar-refractivity contribution in [2.75, 3.05) is 25.1 Å².